The Morgan fingerprint density at radius 2 is 1.87 bits per heavy atom. The highest BCUT2D eigenvalue weighted by atomic mass is 32.2. The predicted molar refractivity (Wildman–Crippen MR) is 114 cm³/mol. The zero-order valence-corrected chi connectivity index (χ0v) is 17.3. The van der Waals surface area contributed by atoms with E-state index in [0.717, 1.165) is 46.7 Å². The molecule has 2 heterocycles. The standard InChI is InChI=1S/C23H22N4O2S/c24-15-23(10-12-29-13-11-23)17-2-1-3-21(14-17)30-20-8-6-19(7-9-20)27-22(28)26(16-25-27)18-4-5-18/h1-3,6-9,14,16,18H,4-5,10-13H2. The molecule has 0 amide bonds. The van der Waals surface area contributed by atoms with Crippen LogP contribution in [0.25, 0.3) is 5.69 Å². The maximum atomic E-state index is 12.5. The molecular weight excluding hydrogens is 396 g/mol. The molecule has 0 radical (unpaired) electrons. The fraction of sp³-hybridized carbons (Fsp3) is 0.348. The van der Waals surface area contributed by atoms with Gasteiger partial charge in [0.25, 0.3) is 0 Å². The molecule has 0 atom stereocenters. The average molecular weight is 419 g/mol. The molecule has 2 fully saturated rings. The van der Waals surface area contributed by atoms with Gasteiger partial charge in [-0.15, -0.1) is 0 Å². The SMILES string of the molecule is N#CC1(c2cccc(Sc3ccc(-n4ncn(C5CC5)c4=O)cc3)c2)CCOCC1. The van der Waals surface area contributed by atoms with Crippen LogP contribution in [0.2, 0.25) is 0 Å². The van der Waals surface area contributed by atoms with Crippen molar-refractivity contribution in [1.82, 2.24) is 14.3 Å². The van der Waals surface area contributed by atoms with Gasteiger partial charge in [0.2, 0.25) is 0 Å². The molecule has 0 spiro atoms. The summed E-state index contributed by atoms with van der Waals surface area (Å²) in [5.41, 5.74) is 1.29. The Morgan fingerprint density at radius 1 is 1.10 bits per heavy atom. The van der Waals surface area contributed by atoms with Crippen LogP contribution in [-0.2, 0) is 10.2 Å². The van der Waals surface area contributed by atoms with Crippen LogP contribution in [0.4, 0.5) is 0 Å². The molecule has 3 aromatic rings. The van der Waals surface area contributed by atoms with E-state index in [1.54, 1.807) is 22.7 Å². The number of benzene rings is 2. The highest BCUT2D eigenvalue weighted by Gasteiger charge is 2.34. The van der Waals surface area contributed by atoms with E-state index in [9.17, 15) is 10.1 Å². The molecule has 1 aromatic heterocycles. The van der Waals surface area contributed by atoms with E-state index in [2.05, 4.69) is 23.3 Å². The predicted octanol–water partition coefficient (Wildman–Crippen LogP) is 4.09. The Hall–Kier alpha value is -2.82. The zero-order chi connectivity index (χ0) is 20.6. The van der Waals surface area contributed by atoms with Crippen LogP contribution < -0.4 is 5.69 Å². The Morgan fingerprint density at radius 3 is 2.57 bits per heavy atom. The third kappa shape index (κ3) is 3.57. The summed E-state index contributed by atoms with van der Waals surface area (Å²) in [5.74, 6) is 0. The minimum absolute atomic E-state index is 0.0798. The lowest BCUT2D eigenvalue weighted by atomic mass is 9.75. The summed E-state index contributed by atoms with van der Waals surface area (Å²) in [5, 5.41) is 14.1. The fourth-order valence-electron chi connectivity index (χ4n) is 3.93. The van der Waals surface area contributed by atoms with Gasteiger partial charge in [0, 0.05) is 29.0 Å². The van der Waals surface area contributed by atoms with E-state index in [-0.39, 0.29) is 5.69 Å². The van der Waals surface area contributed by atoms with Gasteiger partial charge < -0.3 is 4.74 Å². The van der Waals surface area contributed by atoms with Gasteiger partial charge in [-0.3, -0.25) is 4.57 Å². The van der Waals surface area contributed by atoms with Crippen molar-refractivity contribution >= 4 is 11.8 Å². The van der Waals surface area contributed by atoms with Crippen molar-refractivity contribution < 1.29 is 4.74 Å². The molecule has 1 saturated heterocycles. The second-order valence-electron chi connectivity index (χ2n) is 7.89. The third-order valence-corrected chi connectivity index (χ3v) is 6.90. The second kappa shape index (κ2) is 7.78. The topological polar surface area (TPSA) is 72.8 Å². The Bertz CT molecular complexity index is 1150. The van der Waals surface area contributed by atoms with Gasteiger partial charge in [0.05, 0.1) is 17.2 Å². The molecule has 0 N–H and O–H groups in total. The molecule has 5 rings (SSSR count). The first-order chi connectivity index (χ1) is 14.7. The highest BCUT2D eigenvalue weighted by Crippen LogP contribution is 2.37. The first-order valence-electron chi connectivity index (χ1n) is 10.2. The molecule has 1 aliphatic carbocycles. The average Bonchev–Trinajstić information content (AvgIpc) is 3.57. The minimum Gasteiger partial charge on any atom is -0.381 e. The third-order valence-electron chi connectivity index (χ3n) is 5.90. The van der Waals surface area contributed by atoms with E-state index in [1.165, 1.54) is 4.68 Å². The fourth-order valence-corrected chi connectivity index (χ4v) is 4.81. The lowest BCUT2D eigenvalue weighted by molar-refractivity contribution is 0.0675. The van der Waals surface area contributed by atoms with E-state index < -0.39 is 5.41 Å². The maximum absolute atomic E-state index is 12.5. The van der Waals surface area contributed by atoms with Crippen LogP contribution in [0.3, 0.4) is 0 Å². The van der Waals surface area contributed by atoms with E-state index >= 15 is 0 Å². The summed E-state index contributed by atoms with van der Waals surface area (Å²) in [6, 6.07) is 19.0. The number of ether oxygens (including phenoxy) is 1. The minimum atomic E-state index is -0.458. The first-order valence-corrected chi connectivity index (χ1v) is 11.0. The largest absolute Gasteiger partial charge is 0.381 e. The van der Waals surface area contributed by atoms with Crippen LogP contribution in [0.15, 0.2) is 69.4 Å². The van der Waals surface area contributed by atoms with E-state index in [0.29, 0.717) is 19.3 Å². The Kier molecular flexibility index (Phi) is 4.97. The van der Waals surface area contributed by atoms with Gasteiger partial charge in [0.1, 0.15) is 6.33 Å². The molecule has 0 bridgehead atoms. The van der Waals surface area contributed by atoms with E-state index in [1.807, 2.05) is 36.4 Å². The van der Waals surface area contributed by atoms with Gasteiger partial charge in [-0.05, 0) is 67.6 Å². The van der Waals surface area contributed by atoms with Gasteiger partial charge >= 0.3 is 5.69 Å². The number of hydrogen-bond donors (Lipinski definition) is 0. The van der Waals surface area contributed by atoms with Crippen molar-refractivity contribution in [3.8, 4) is 11.8 Å². The summed E-state index contributed by atoms with van der Waals surface area (Å²) >= 11 is 1.65. The summed E-state index contributed by atoms with van der Waals surface area (Å²) in [7, 11) is 0. The Labute approximate surface area is 179 Å². The maximum Gasteiger partial charge on any atom is 0.350 e. The van der Waals surface area contributed by atoms with Crippen molar-refractivity contribution in [2.45, 2.75) is 46.9 Å². The monoisotopic (exact) mass is 418 g/mol. The second-order valence-corrected chi connectivity index (χ2v) is 9.04. The molecule has 2 aromatic carbocycles. The number of nitriles is 1. The lowest BCUT2D eigenvalue weighted by Gasteiger charge is -2.31. The van der Waals surface area contributed by atoms with Crippen LogP contribution in [-0.4, -0.2) is 27.6 Å². The molecule has 0 unspecified atom stereocenters. The lowest BCUT2D eigenvalue weighted by Crippen LogP contribution is -2.32. The van der Waals surface area contributed by atoms with Crippen molar-refractivity contribution in [2.24, 2.45) is 0 Å². The van der Waals surface area contributed by atoms with Crippen LogP contribution in [0.5, 0.6) is 0 Å². The number of hydrogen-bond acceptors (Lipinski definition) is 5. The smallest absolute Gasteiger partial charge is 0.350 e. The number of rotatable bonds is 5. The highest BCUT2D eigenvalue weighted by molar-refractivity contribution is 7.99. The molecule has 152 valence electrons. The van der Waals surface area contributed by atoms with E-state index in [4.69, 9.17) is 4.74 Å². The molecule has 7 heteroatoms. The normalized spacial score (nSPS) is 18.1. The number of nitrogens with zero attached hydrogens (tertiary/aromatic N) is 4. The summed E-state index contributed by atoms with van der Waals surface area (Å²) < 4.78 is 8.63. The van der Waals surface area contributed by atoms with Crippen LogP contribution >= 0.6 is 11.8 Å². The van der Waals surface area contributed by atoms with Gasteiger partial charge in [-0.2, -0.15) is 15.0 Å². The molecule has 6 nitrogen and oxygen atoms in total. The zero-order valence-electron chi connectivity index (χ0n) is 16.5. The summed E-state index contributed by atoms with van der Waals surface area (Å²) in [4.78, 5) is 14.7. The van der Waals surface area contributed by atoms with Crippen molar-refractivity contribution in [3.63, 3.8) is 0 Å². The molecule has 30 heavy (non-hydrogen) atoms. The Balaban J connectivity index is 1.35. The summed E-state index contributed by atoms with van der Waals surface area (Å²) in [6.07, 6.45) is 5.21. The van der Waals surface area contributed by atoms with Crippen molar-refractivity contribution in [3.05, 3.63) is 70.9 Å². The van der Waals surface area contributed by atoms with Crippen molar-refractivity contribution in [2.75, 3.05) is 13.2 Å². The molecule has 1 aliphatic heterocycles. The molecule has 2 aliphatic rings. The number of aromatic nitrogens is 3. The quantitative estimate of drug-likeness (QED) is 0.624. The first kappa shape index (κ1) is 19.2. The van der Waals surface area contributed by atoms with Crippen LogP contribution in [0, 0.1) is 11.3 Å². The van der Waals surface area contributed by atoms with Gasteiger partial charge in [0.15, 0.2) is 0 Å². The van der Waals surface area contributed by atoms with Gasteiger partial charge in [-0.25, -0.2) is 4.79 Å². The molecule has 1 saturated carbocycles. The van der Waals surface area contributed by atoms with Crippen molar-refractivity contribution in [1.29, 1.82) is 5.26 Å². The summed E-state index contributed by atoms with van der Waals surface area (Å²) in [6.45, 7) is 1.25. The van der Waals surface area contributed by atoms with Crippen LogP contribution in [0.1, 0.15) is 37.3 Å². The molecular formula is C23H22N4O2S. The van der Waals surface area contributed by atoms with Gasteiger partial charge in [-0.1, -0.05) is 23.9 Å².